The normalized spacial score (nSPS) is 11.5. The highest BCUT2D eigenvalue weighted by Crippen LogP contribution is 2.04. The van der Waals surface area contributed by atoms with Gasteiger partial charge in [0.05, 0.1) is 6.61 Å². The van der Waals surface area contributed by atoms with Crippen LogP contribution in [-0.4, -0.2) is 31.7 Å². The molecule has 0 saturated carbocycles. The fourth-order valence-corrected chi connectivity index (χ4v) is 1.75. The number of nitrogens with one attached hydrogen (secondary N) is 1. The van der Waals surface area contributed by atoms with Crippen molar-refractivity contribution >= 4 is 10.0 Å². The second-order valence-corrected chi connectivity index (χ2v) is 4.08. The van der Waals surface area contributed by atoms with Gasteiger partial charge in [-0.3, -0.25) is 4.98 Å². The van der Waals surface area contributed by atoms with Crippen molar-refractivity contribution in [2.45, 2.75) is 4.90 Å². The van der Waals surface area contributed by atoms with Gasteiger partial charge < -0.3 is 5.11 Å². The molecular weight excluding hydrogens is 192 g/mol. The molecule has 0 radical (unpaired) electrons. The molecule has 72 valence electrons. The highest BCUT2D eigenvalue weighted by molar-refractivity contribution is 7.89. The monoisotopic (exact) mass is 202 g/mol. The fraction of sp³-hybridized carbons (Fsp3) is 0.286. The zero-order chi connectivity index (χ0) is 9.73. The number of rotatable bonds is 4. The van der Waals surface area contributed by atoms with E-state index in [-0.39, 0.29) is 18.0 Å². The Morgan fingerprint density at radius 3 is 2.85 bits per heavy atom. The van der Waals surface area contributed by atoms with Gasteiger partial charge in [-0.15, -0.1) is 0 Å². The smallest absolute Gasteiger partial charge is 0.242 e. The number of pyridine rings is 1. The van der Waals surface area contributed by atoms with Gasteiger partial charge in [-0.05, 0) is 12.1 Å². The lowest BCUT2D eigenvalue weighted by molar-refractivity contribution is 0.301. The summed E-state index contributed by atoms with van der Waals surface area (Å²) in [6.07, 6.45) is 2.74. The van der Waals surface area contributed by atoms with Crippen molar-refractivity contribution in [1.82, 2.24) is 9.71 Å². The minimum absolute atomic E-state index is 0.0111. The largest absolute Gasteiger partial charge is 0.395 e. The van der Waals surface area contributed by atoms with Crippen molar-refractivity contribution < 1.29 is 13.5 Å². The van der Waals surface area contributed by atoms with Crippen LogP contribution in [0, 0.1) is 0 Å². The first-order valence-corrected chi connectivity index (χ1v) is 5.15. The fourth-order valence-electron chi connectivity index (χ4n) is 0.769. The first-order valence-electron chi connectivity index (χ1n) is 3.67. The molecule has 0 unspecified atom stereocenters. The van der Waals surface area contributed by atoms with E-state index in [1.54, 1.807) is 0 Å². The average Bonchev–Trinajstić information content (AvgIpc) is 2.16. The molecule has 0 saturated heterocycles. The Morgan fingerprint density at radius 1 is 1.54 bits per heavy atom. The Bertz CT molecular complexity index is 349. The van der Waals surface area contributed by atoms with Crippen LogP contribution in [0.2, 0.25) is 0 Å². The third-order valence-electron chi connectivity index (χ3n) is 1.35. The molecule has 0 bridgehead atoms. The van der Waals surface area contributed by atoms with E-state index in [0.29, 0.717) is 0 Å². The molecule has 0 aliphatic heterocycles. The second-order valence-electron chi connectivity index (χ2n) is 2.31. The maximum Gasteiger partial charge on any atom is 0.242 e. The molecule has 0 fully saturated rings. The van der Waals surface area contributed by atoms with Crippen LogP contribution in [0.15, 0.2) is 29.4 Å². The molecule has 0 spiro atoms. The number of aliphatic hydroxyl groups is 1. The molecule has 1 aromatic rings. The van der Waals surface area contributed by atoms with Crippen LogP contribution in [-0.2, 0) is 10.0 Å². The van der Waals surface area contributed by atoms with Crippen molar-refractivity contribution in [2.24, 2.45) is 0 Å². The minimum Gasteiger partial charge on any atom is -0.395 e. The number of hydrogen-bond donors (Lipinski definition) is 2. The van der Waals surface area contributed by atoms with E-state index in [2.05, 4.69) is 9.71 Å². The topological polar surface area (TPSA) is 79.3 Å². The minimum atomic E-state index is -3.49. The van der Waals surface area contributed by atoms with Crippen LogP contribution >= 0.6 is 0 Å². The van der Waals surface area contributed by atoms with Crippen LogP contribution in [0.25, 0.3) is 0 Å². The van der Waals surface area contributed by atoms with Crippen molar-refractivity contribution in [3.8, 4) is 0 Å². The quantitative estimate of drug-likeness (QED) is 0.680. The second kappa shape index (κ2) is 4.31. The van der Waals surface area contributed by atoms with E-state index >= 15 is 0 Å². The number of aromatic nitrogens is 1. The lowest BCUT2D eigenvalue weighted by atomic mass is 10.5. The number of aliphatic hydroxyl groups excluding tert-OH is 1. The summed E-state index contributed by atoms with van der Waals surface area (Å²) in [5.74, 6) is 0. The van der Waals surface area contributed by atoms with E-state index in [1.165, 1.54) is 24.5 Å². The van der Waals surface area contributed by atoms with Gasteiger partial charge in [0.1, 0.15) is 4.90 Å². The third kappa shape index (κ3) is 2.76. The Morgan fingerprint density at radius 2 is 2.31 bits per heavy atom. The van der Waals surface area contributed by atoms with Gasteiger partial charge in [-0.2, -0.15) is 0 Å². The molecule has 1 heterocycles. The summed E-state index contributed by atoms with van der Waals surface area (Å²) < 4.78 is 24.9. The van der Waals surface area contributed by atoms with Gasteiger partial charge in [-0.25, -0.2) is 13.1 Å². The Kier molecular flexibility index (Phi) is 3.35. The third-order valence-corrected chi connectivity index (χ3v) is 2.79. The first kappa shape index (κ1) is 10.1. The first-order chi connectivity index (χ1) is 6.17. The van der Waals surface area contributed by atoms with Gasteiger partial charge in [0.25, 0.3) is 0 Å². The van der Waals surface area contributed by atoms with Gasteiger partial charge in [-0.1, -0.05) is 0 Å². The van der Waals surface area contributed by atoms with Crippen molar-refractivity contribution in [3.63, 3.8) is 0 Å². The van der Waals surface area contributed by atoms with E-state index in [1.807, 2.05) is 0 Å². The zero-order valence-corrected chi connectivity index (χ0v) is 7.66. The van der Waals surface area contributed by atoms with E-state index < -0.39 is 10.0 Å². The molecule has 0 aliphatic carbocycles. The highest BCUT2D eigenvalue weighted by atomic mass is 32.2. The zero-order valence-electron chi connectivity index (χ0n) is 6.84. The van der Waals surface area contributed by atoms with Gasteiger partial charge in [0.2, 0.25) is 10.0 Å². The summed E-state index contributed by atoms with van der Waals surface area (Å²) in [5, 5.41) is 8.43. The maximum atomic E-state index is 11.3. The molecule has 0 atom stereocenters. The molecule has 2 N–H and O–H groups in total. The highest BCUT2D eigenvalue weighted by Gasteiger charge is 2.11. The molecule has 1 rings (SSSR count). The van der Waals surface area contributed by atoms with Crippen molar-refractivity contribution in [1.29, 1.82) is 0 Å². The van der Waals surface area contributed by atoms with Crippen molar-refractivity contribution in [3.05, 3.63) is 24.5 Å². The van der Waals surface area contributed by atoms with E-state index in [9.17, 15) is 8.42 Å². The molecular formula is C7H10N2O3S. The molecule has 0 aliphatic rings. The average molecular weight is 202 g/mol. The molecule has 0 amide bonds. The van der Waals surface area contributed by atoms with Crippen LogP contribution < -0.4 is 4.72 Å². The molecule has 5 nitrogen and oxygen atoms in total. The standard InChI is InChI=1S/C7H10N2O3S/c10-5-4-9-13(11,12)7-2-1-3-8-6-7/h1-3,6,9-10H,4-5H2. The Hall–Kier alpha value is -0.980. The van der Waals surface area contributed by atoms with E-state index in [4.69, 9.17) is 5.11 Å². The van der Waals surface area contributed by atoms with Gasteiger partial charge in [0, 0.05) is 18.9 Å². The summed E-state index contributed by atoms with van der Waals surface area (Å²) in [7, 11) is -3.49. The van der Waals surface area contributed by atoms with Crippen molar-refractivity contribution in [2.75, 3.05) is 13.2 Å². The van der Waals surface area contributed by atoms with Crippen LogP contribution in [0.5, 0.6) is 0 Å². The lowest BCUT2D eigenvalue weighted by Crippen LogP contribution is -2.26. The molecule has 6 heteroatoms. The summed E-state index contributed by atoms with van der Waals surface area (Å²) in [5.41, 5.74) is 0. The predicted molar refractivity (Wildman–Crippen MR) is 46.5 cm³/mol. The number of hydrogen-bond acceptors (Lipinski definition) is 4. The summed E-state index contributed by atoms with van der Waals surface area (Å²) in [6.45, 7) is -0.212. The SMILES string of the molecule is O=S(=O)(NCCO)c1cccnc1. The Balaban J connectivity index is 2.83. The van der Waals surface area contributed by atoms with Crippen LogP contribution in [0.3, 0.4) is 0 Å². The van der Waals surface area contributed by atoms with Crippen LogP contribution in [0.1, 0.15) is 0 Å². The van der Waals surface area contributed by atoms with Gasteiger partial charge in [0.15, 0.2) is 0 Å². The number of nitrogens with zero attached hydrogens (tertiary/aromatic N) is 1. The number of sulfonamides is 1. The maximum absolute atomic E-state index is 11.3. The molecule has 1 aromatic heterocycles. The van der Waals surface area contributed by atoms with Gasteiger partial charge >= 0.3 is 0 Å². The molecule has 13 heavy (non-hydrogen) atoms. The predicted octanol–water partition coefficient (Wildman–Crippen LogP) is -0.648. The summed E-state index contributed by atoms with van der Waals surface area (Å²) in [6, 6.07) is 2.97. The molecule has 0 aromatic carbocycles. The Labute approximate surface area is 76.5 Å². The summed E-state index contributed by atoms with van der Waals surface area (Å²) in [4.78, 5) is 3.78. The van der Waals surface area contributed by atoms with E-state index in [0.717, 1.165) is 0 Å². The lowest BCUT2D eigenvalue weighted by Gasteiger charge is -2.03. The van der Waals surface area contributed by atoms with Crippen LogP contribution in [0.4, 0.5) is 0 Å². The summed E-state index contributed by atoms with van der Waals surface area (Å²) >= 11 is 0.